The number of rotatable bonds is 8. The molecule has 0 fully saturated rings. The van der Waals surface area contributed by atoms with Crippen LogP contribution in [-0.4, -0.2) is 48.0 Å². The first kappa shape index (κ1) is 21.8. The molecule has 0 aromatic carbocycles. The Bertz CT molecular complexity index is 487. The van der Waals surface area contributed by atoms with E-state index in [1.807, 2.05) is 40.2 Å². The summed E-state index contributed by atoms with van der Waals surface area (Å²) in [5, 5.41) is 6.13. The third kappa shape index (κ3) is 8.24. The van der Waals surface area contributed by atoms with Crippen molar-refractivity contribution in [3.8, 4) is 0 Å². The van der Waals surface area contributed by atoms with Crippen LogP contribution >= 0.6 is 24.0 Å². The fourth-order valence-electron chi connectivity index (χ4n) is 2.06. The average Bonchev–Trinajstić information content (AvgIpc) is 2.89. The molecule has 2 N–H and O–H groups in total. The van der Waals surface area contributed by atoms with E-state index in [1.54, 1.807) is 0 Å². The number of guanidine groups is 1. The number of aliphatic imine (C=N–C) groups is 1. The predicted molar refractivity (Wildman–Crippen MR) is 106 cm³/mol. The van der Waals surface area contributed by atoms with E-state index in [4.69, 9.17) is 0 Å². The Balaban J connectivity index is 0.00000484. The number of hydrogen-bond acceptors (Lipinski definition) is 2. The molecule has 0 radical (unpaired) electrons. The highest BCUT2D eigenvalue weighted by Crippen LogP contribution is 2.03. The number of carbonyl (C=O) groups excluding carboxylic acids is 1. The highest BCUT2D eigenvalue weighted by atomic mass is 127. The molecule has 0 atom stereocenters. The van der Waals surface area contributed by atoms with Gasteiger partial charge in [0.15, 0.2) is 5.96 Å². The minimum atomic E-state index is 0. The van der Waals surface area contributed by atoms with Crippen molar-refractivity contribution in [1.82, 2.24) is 20.1 Å². The van der Waals surface area contributed by atoms with Gasteiger partial charge in [-0.3, -0.25) is 9.79 Å². The van der Waals surface area contributed by atoms with Crippen molar-refractivity contribution in [2.45, 2.75) is 33.2 Å². The van der Waals surface area contributed by atoms with Crippen molar-refractivity contribution in [2.24, 2.45) is 12.0 Å². The zero-order chi connectivity index (χ0) is 16.4. The van der Waals surface area contributed by atoms with Crippen LogP contribution in [0.1, 0.15) is 32.4 Å². The van der Waals surface area contributed by atoms with Gasteiger partial charge in [-0.2, -0.15) is 0 Å². The van der Waals surface area contributed by atoms with Crippen molar-refractivity contribution >= 4 is 35.8 Å². The van der Waals surface area contributed by atoms with Gasteiger partial charge < -0.3 is 20.1 Å². The number of aryl methyl sites for hydroxylation is 1. The van der Waals surface area contributed by atoms with E-state index in [0.717, 1.165) is 32.0 Å². The fraction of sp³-hybridized carbons (Fsp3) is 0.625. The normalized spacial score (nSPS) is 10.9. The van der Waals surface area contributed by atoms with Crippen LogP contribution in [0.4, 0.5) is 0 Å². The van der Waals surface area contributed by atoms with Gasteiger partial charge in [-0.05, 0) is 25.5 Å². The van der Waals surface area contributed by atoms with Gasteiger partial charge in [0.2, 0.25) is 5.91 Å². The largest absolute Gasteiger partial charge is 0.357 e. The Morgan fingerprint density at radius 2 is 2.09 bits per heavy atom. The summed E-state index contributed by atoms with van der Waals surface area (Å²) >= 11 is 0. The molecule has 0 saturated heterocycles. The highest BCUT2D eigenvalue weighted by Gasteiger charge is 2.08. The van der Waals surface area contributed by atoms with Crippen molar-refractivity contribution in [3.05, 3.63) is 24.0 Å². The Kier molecular flexibility index (Phi) is 11.5. The van der Waals surface area contributed by atoms with Gasteiger partial charge in [0, 0.05) is 45.5 Å². The molecule has 0 saturated carbocycles. The van der Waals surface area contributed by atoms with Crippen molar-refractivity contribution in [3.63, 3.8) is 0 Å². The summed E-state index contributed by atoms with van der Waals surface area (Å²) in [6.07, 6.45) is 3.41. The van der Waals surface area contributed by atoms with E-state index < -0.39 is 0 Å². The van der Waals surface area contributed by atoms with Gasteiger partial charge in [0.1, 0.15) is 0 Å². The molecular weight excluding hydrogens is 405 g/mol. The number of carbonyl (C=O) groups is 1. The number of halogens is 1. The molecule has 0 aliphatic heterocycles. The quantitative estimate of drug-likeness (QED) is 0.373. The number of aromatic nitrogens is 1. The van der Waals surface area contributed by atoms with Crippen LogP contribution in [0, 0.1) is 0 Å². The molecule has 1 rings (SSSR count). The molecule has 0 aliphatic rings. The first-order valence-corrected chi connectivity index (χ1v) is 7.94. The minimum Gasteiger partial charge on any atom is -0.357 e. The van der Waals surface area contributed by atoms with E-state index >= 15 is 0 Å². The zero-order valence-corrected chi connectivity index (χ0v) is 17.0. The number of hydrogen-bond donors (Lipinski definition) is 2. The first-order chi connectivity index (χ1) is 10.6. The zero-order valence-electron chi connectivity index (χ0n) is 14.6. The van der Waals surface area contributed by atoms with Gasteiger partial charge in [-0.15, -0.1) is 24.0 Å². The number of amides is 1. The van der Waals surface area contributed by atoms with Gasteiger partial charge in [-0.25, -0.2) is 0 Å². The van der Waals surface area contributed by atoms with Crippen molar-refractivity contribution < 1.29 is 4.79 Å². The summed E-state index contributed by atoms with van der Waals surface area (Å²) in [7, 11) is 4.04. The van der Waals surface area contributed by atoms with Crippen LogP contribution in [0.3, 0.4) is 0 Å². The molecule has 0 spiro atoms. The fourth-order valence-corrected chi connectivity index (χ4v) is 2.06. The Morgan fingerprint density at radius 1 is 1.35 bits per heavy atom. The van der Waals surface area contributed by atoms with Gasteiger partial charge in [0.05, 0.1) is 13.1 Å². The molecule has 7 heteroatoms. The lowest BCUT2D eigenvalue weighted by Gasteiger charge is -2.22. The summed E-state index contributed by atoms with van der Waals surface area (Å²) in [5.74, 6) is 0.888. The second kappa shape index (κ2) is 12.2. The first-order valence-electron chi connectivity index (χ1n) is 7.94. The van der Waals surface area contributed by atoms with Crippen LogP contribution in [0.25, 0.3) is 0 Å². The third-order valence-electron chi connectivity index (χ3n) is 3.32. The monoisotopic (exact) mass is 435 g/mol. The predicted octanol–water partition coefficient (Wildman–Crippen LogP) is 1.96. The second-order valence-electron chi connectivity index (χ2n) is 5.30. The number of nitrogens with one attached hydrogen (secondary N) is 2. The van der Waals surface area contributed by atoms with E-state index in [1.165, 1.54) is 5.69 Å². The molecule has 0 aliphatic carbocycles. The van der Waals surface area contributed by atoms with Crippen molar-refractivity contribution in [1.29, 1.82) is 0 Å². The molecule has 0 bridgehead atoms. The smallest absolute Gasteiger partial charge is 0.221 e. The molecule has 23 heavy (non-hydrogen) atoms. The van der Waals surface area contributed by atoms with E-state index in [9.17, 15) is 4.79 Å². The van der Waals surface area contributed by atoms with Crippen LogP contribution < -0.4 is 10.6 Å². The summed E-state index contributed by atoms with van der Waals surface area (Å²) in [6, 6.07) is 4.13. The minimum absolute atomic E-state index is 0. The van der Waals surface area contributed by atoms with Crippen LogP contribution in [0.2, 0.25) is 0 Å². The summed E-state index contributed by atoms with van der Waals surface area (Å²) in [4.78, 5) is 18.2. The molecule has 1 heterocycles. The maximum atomic E-state index is 11.6. The van der Waals surface area contributed by atoms with Gasteiger partial charge >= 0.3 is 0 Å². The van der Waals surface area contributed by atoms with E-state index in [0.29, 0.717) is 13.0 Å². The van der Waals surface area contributed by atoms with E-state index in [2.05, 4.69) is 31.2 Å². The van der Waals surface area contributed by atoms with Crippen LogP contribution in [0.15, 0.2) is 23.3 Å². The summed E-state index contributed by atoms with van der Waals surface area (Å²) < 4.78 is 2.10. The van der Waals surface area contributed by atoms with Crippen LogP contribution in [0.5, 0.6) is 0 Å². The second-order valence-corrected chi connectivity index (χ2v) is 5.30. The van der Waals surface area contributed by atoms with Crippen molar-refractivity contribution in [2.75, 3.05) is 26.7 Å². The Labute approximate surface area is 156 Å². The maximum absolute atomic E-state index is 11.6. The van der Waals surface area contributed by atoms with Gasteiger partial charge in [-0.1, -0.05) is 6.92 Å². The third-order valence-corrected chi connectivity index (χ3v) is 3.32. The van der Waals surface area contributed by atoms with Gasteiger partial charge in [0.25, 0.3) is 0 Å². The molecular formula is C16H30IN5O. The number of nitrogens with zero attached hydrogens (tertiary/aromatic N) is 3. The molecule has 1 amide bonds. The molecule has 1 aromatic heterocycles. The lowest BCUT2D eigenvalue weighted by atomic mass is 10.4. The standard InChI is InChI=1S/C16H29N5O.HI/c1-5-10-18-15(22)9-11-19-16(17-6-2)21(4)13-14-8-7-12-20(14)3;/h7-8,12H,5-6,9-11,13H2,1-4H3,(H,17,19)(H,18,22);1H. The SMILES string of the molecule is CCCNC(=O)CCN=C(NCC)N(C)Cc1cccn1C.I. The maximum Gasteiger partial charge on any atom is 0.221 e. The lowest BCUT2D eigenvalue weighted by molar-refractivity contribution is -0.120. The molecule has 0 unspecified atom stereocenters. The summed E-state index contributed by atoms with van der Waals surface area (Å²) in [6.45, 7) is 6.89. The van der Waals surface area contributed by atoms with E-state index in [-0.39, 0.29) is 29.9 Å². The Hall–Kier alpha value is -1.25. The topological polar surface area (TPSA) is 61.7 Å². The summed E-state index contributed by atoms with van der Waals surface area (Å²) in [5.41, 5.74) is 1.22. The Morgan fingerprint density at radius 3 is 2.65 bits per heavy atom. The van der Waals surface area contributed by atoms with Crippen LogP contribution in [-0.2, 0) is 18.4 Å². The average molecular weight is 435 g/mol. The highest BCUT2D eigenvalue weighted by molar-refractivity contribution is 14.0. The molecule has 6 nitrogen and oxygen atoms in total. The molecule has 132 valence electrons. The molecule has 1 aromatic rings. The lowest BCUT2D eigenvalue weighted by Crippen LogP contribution is -2.39.